The number of alkyl halides is 3. The number of methoxy groups -OCH3 is 1. The lowest BCUT2D eigenvalue weighted by molar-refractivity contribution is -0.383. The van der Waals surface area contributed by atoms with Gasteiger partial charge < -0.3 is 15.4 Å². The van der Waals surface area contributed by atoms with Crippen molar-refractivity contribution in [1.82, 2.24) is 9.97 Å². The van der Waals surface area contributed by atoms with Gasteiger partial charge in [0.25, 0.3) is 0 Å². The lowest BCUT2D eigenvalue weighted by Crippen LogP contribution is -2.22. The molecule has 0 aliphatic carbocycles. The van der Waals surface area contributed by atoms with E-state index in [0.29, 0.717) is 0 Å². The van der Waals surface area contributed by atoms with Crippen LogP contribution in [0.15, 0.2) is 30.6 Å². The fraction of sp³-hybridized carbons (Fsp3) is 0.333. The maximum atomic E-state index is 13.1. The number of benzene rings is 1. The number of aromatic nitrogens is 2. The lowest BCUT2D eigenvalue weighted by atomic mass is 10.1. The lowest BCUT2D eigenvalue weighted by Gasteiger charge is -2.16. The van der Waals surface area contributed by atoms with E-state index in [2.05, 4.69) is 20.6 Å². The van der Waals surface area contributed by atoms with Crippen molar-refractivity contribution in [3.63, 3.8) is 0 Å². The Hall–Kier alpha value is -2.95. The molecule has 26 heavy (non-hydrogen) atoms. The van der Waals surface area contributed by atoms with Gasteiger partial charge in [0.2, 0.25) is 11.6 Å². The van der Waals surface area contributed by atoms with Gasteiger partial charge in [-0.15, -0.1) is 0 Å². The first kappa shape index (κ1) is 19.4. The van der Waals surface area contributed by atoms with Crippen molar-refractivity contribution < 1.29 is 22.8 Å². The zero-order chi connectivity index (χ0) is 19.3. The number of halogens is 3. The van der Waals surface area contributed by atoms with Gasteiger partial charge >= 0.3 is 11.9 Å². The van der Waals surface area contributed by atoms with E-state index >= 15 is 0 Å². The Morgan fingerprint density at radius 3 is 2.54 bits per heavy atom. The number of nitrogens with zero attached hydrogens (tertiary/aromatic N) is 3. The van der Waals surface area contributed by atoms with Gasteiger partial charge in [0.15, 0.2) is 0 Å². The molecule has 2 rings (SSSR count). The minimum Gasteiger partial charge on any atom is -0.383 e. The highest BCUT2D eigenvalue weighted by molar-refractivity contribution is 5.75. The van der Waals surface area contributed by atoms with Crippen molar-refractivity contribution in [2.45, 2.75) is 19.1 Å². The average molecular weight is 371 g/mol. The van der Waals surface area contributed by atoms with Crippen LogP contribution in [0.3, 0.4) is 0 Å². The molecule has 8 nitrogen and oxygen atoms in total. The molecule has 140 valence electrons. The summed E-state index contributed by atoms with van der Waals surface area (Å²) in [6, 6.07) is 4.32. The van der Waals surface area contributed by atoms with Crippen LogP contribution < -0.4 is 10.6 Å². The van der Waals surface area contributed by atoms with Crippen LogP contribution in [0.2, 0.25) is 0 Å². The van der Waals surface area contributed by atoms with Crippen molar-refractivity contribution in [1.29, 1.82) is 0 Å². The van der Waals surface area contributed by atoms with Gasteiger partial charge in [-0.3, -0.25) is 10.1 Å². The molecule has 0 amide bonds. The molecule has 0 saturated carbocycles. The van der Waals surface area contributed by atoms with Crippen molar-refractivity contribution in [3.05, 3.63) is 46.3 Å². The van der Waals surface area contributed by atoms with Crippen LogP contribution in [0.1, 0.15) is 12.5 Å². The Morgan fingerprint density at radius 2 is 1.92 bits per heavy atom. The molecule has 1 aromatic carbocycles. The standard InChI is InChI=1S/C15H16F3N5O3/c1-9(7-26-2)21-13-12(23(24)25)14(20-8-19-13)22-11-6-4-3-5-10(11)15(16,17)18/h3-6,8-9H,7H2,1-2H3,(H2,19,20,21,22). The van der Waals surface area contributed by atoms with E-state index < -0.39 is 22.4 Å². The molecular weight excluding hydrogens is 355 g/mol. The van der Waals surface area contributed by atoms with E-state index in [9.17, 15) is 23.3 Å². The van der Waals surface area contributed by atoms with Gasteiger partial charge in [0, 0.05) is 13.2 Å². The summed E-state index contributed by atoms with van der Waals surface area (Å²) >= 11 is 0. The number of ether oxygens (including phenoxy) is 1. The SMILES string of the molecule is COCC(C)Nc1ncnc(Nc2ccccc2C(F)(F)F)c1[N+](=O)[O-]. The van der Waals surface area contributed by atoms with Gasteiger partial charge in [0.1, 0.15) is 6.33 Å². The molecular formula is C15H16F3N5O3. The molecule has 1 heterocycles. The fourth-order valence-electron chi connectivity index (χ4n) is 2.24. The molecule has 0 bridgehead atoms. The number of para-hydroxylation sites is 1. The van der Waals surface area contributed by atoms with E-state index in [0.717, 1.165) is 18.5 Å². The van der Waals surface area contributed by atoms with Crippen LogP contribution in [0.5, 0.6) is 0 Å². The second-order valence-electron chi connectivity index (χ2n) is 5.35. The topological polar surface area (TPSA) is 102 Å². The Labute approximate surface area is 146 Å². The van der Waals surface area contributed by atoms with E-state index in [1.54, 1.807) is 6.92 Å². The second-order valence-corrected chi connectivity index (χ2v) is 5.35. The summed E-state index contributed by atoms with van der Waals surface area (Å²) in [5.41, 5.74) is -1.87. The molecule has 0 aliphatic rings. The molecule has 0 spiro atoms. The minimum absolute atomic E-state index is 0.124. The highest BCUT2D eigenvalue weighted by Crippen LogP contribution is 2.38. The predicted octanol–water partition coefficient (Wildman–Crippen LogP) is 3.59. The number of nitrogens with one attached hydrogen (secondary N) is 2. The van der Waals surface area contributed by atoms with Crippen LogP contribution >= 0.6 is 0 Å². The zero-order valence-corrected chi connectivity index (χ0v) is 13.9. The number of nitro groups is 1. The van der Waals surface area contributed by atoms with E-state index in [1.165, 1.54) is 19.2 Å². The van der Waals surface area contributed by atoms with Crippen molar-refractivity contribution >= 4 is 23.0 Å². The van der Waals surface area contributed by atoms with Gasteiger partial charge in [0.05, 0.1) is 22.8 Å². The molecule has 2 N–H and O–H groups in total. The normalized spacial score (nSPS) is 12.5. The largest absolute Gasteiger partial charge is 0.418 e. The zero-order valence-electron chi connectivity index (χ0n) is 13.9. The summed E-state index contributed by atoms with van der Waals surface area (Å²) in [7, 11) is 1.47. The maximum Gasteiger partial charge on any atom is 0.418 e. The molecule has 1 aromatic heterocycles. The summed E-state index contributed by atoms with van der Waals surface area (Å²) in [5, 5.41) is 16.6. The first-order valence-corrected chi connectivity index (χ1v) is 7.42. The predicted molar refractivity (Wildman–Crippen MR) is 88.4 cm³/mol. The van der Waals surface area contributed by atoms with Gasteiger partial charge in [-0.05, 0) is 19.1 Å². The van der Waals surface area contributed by atoms with Gasteiger partial charge in [-0.1, -0.05) is 12.1 Å². The number of hydrogen-bond donors (Lipinski definition) is 2. The van der Waals surface area contributed by atoms with Crippen LogP contribution in [0, 0.1) is 10.1 Å². The van der Waals surface area contributed by atoms with E-state index in [4.69, 9.17) is 4.74 Å². The van der Waals surface area contributed by atoms with Crippen LogP contribution in [-0.4, -0.2) is 34.6 Å². The molecule has 0 radical (unpaired) electrons. The minimum atomic E-state index is -4.63. The summed E-state index contributed by atoms with van der Waals surface area (Å²) in [4.78, 5) is 18.2. The summed E-state index contributed by atoms with van der Waals surface area (Å²) in [6.45, 7) is 1.96. The van der Waals surface area contributed by atoms with E-state index in [-0.39, 0.29) is 30.0 Å². The third-order valence-electron chi connectivity index (χ3n) is 3.29. The Kier molecular flexibility index (Phi) is 5.93. The second kappa shape index (κ2) is 7.95. The Morgan fingerprint density at radius 1 is 1.27 bits per heavy atom. The molecule has 0 fully saturated rings. The monoisotopic (exact) mass is 371 g/mol. The third-order valence-corrected chi connectivity index (χ3v) is 3.29. The summed E-state index contributed by atoms with van der Waals surface area (Å²) < 4.78 is 44.3. The highest BCUT2D eigenvalue weighted by atomic mass is 19.4. The first-order chi connectivity index (χ1) is 12.2. The molecule has 1 unspecified atom stereocenters. The van der Waals surface area contributed by atoms with Gasteiger partial charge in [-0.2, -0.15) is 13.2 Å². The molecule has 0 aliphatic heterocycles. The summed E-state index contributed by atoms with van der Waals surface area (Å²) in [6.07, 6.45) is -3.60. The maximum absolute atomic E-state index is 13.1. The quantitative estimate of drug-likeness (QED) is 0.566. The fourth-order valence-corrected chi connectivity index (χ4v) is 2.24. The van der Waals surface area contributed by atoms with E-state index in [1.807, 2.05) is 0 Å². The van der Waals surface area contributed by atoms with Gasteiger partial charge in [-0.25, -0.2) is 9.97 Å². The third kappa shape index (κ3) is 4.57. The highest BCUT2D eigenvalue weighted by Gasteiger charge is 2.34. The number of anilines is 3. The first-order valence-electron chi connectivity index (χ1n) is 7.42. The van der Waals surface area contributed by atoms with Crippen molar-refractivity contribution in [2.75, 3.05) is 24.4 Å². The molecule has 11 heteroatoms. The molecule has 0 saturated heterocycles. The molecule has 1 atom stereocenters. The summed E-state index contributed by atoms with van der Waals surface area (Å²) in [5.74, 6) is -0.477. The smallest absolute Gasteiger partial charge is 0.383 e. The van der Waals surface area contributed by atoms with Crippen LogP contribution in [0.25, 0.3) is 0 Å². The number of rotatable bonds is 7. The Bertz CT molecular complexity index is 785. The van der Waals surface area contributed by atoms with Crippen LogP contribution in [-0.2, 0) is 10.9 Å². The Balaban J connectivity index is 2.44. The van der Waals surface area contributed by atoms with Crippen LogP contribution in [0.4, 0.5) is 36.2 Å². The van der Waals surface area contributed by atoms with Crippen molar-refractivity contribution in [3.8, 4) is 0 Å². The van der Waals surface area contributed by atoms with Crippen molar-refractivity contribution in [2.24, 2.45) is 0 Å². The average Bonchev–Trinajstić information content (AvgIpc) is 2.54. The molecule has 2 aromatic rings. The number of hydrogen-bond acceptors (Lipinski definition) is 7.